The summed E-state index contributed by atoms with van der Waals surface area (Å²) in [5.74, 6) is 0.629. The number of hydrogen-bond donors (Lipinski definition) is 1. The average molecular weight is 266 g/mol. The molecule has 2 N–H and O–H groups in total. The zero-order valence-corrected chi connectivity index (χ0v) is 11.2. The van der Waals surface area contributed by atoms with Crippen LogP contribution in [-0.2, 0) is 16.0 Å². The van der Waals surface area contributed by atoms with Gasteiger partial charge in [-0.15, -0.1) is 0 Å². The van der Waals surface area contributed by atoms with Crippen LogP contribution >= 0.6 is 0 Å². The average Bonchev–Trinajstić information content (AvgIpc) is 2.43. The minimum atomic E-state index is -0.0152. The van der Waals surface area contributed by atoms with E-state index in [2.05, 4.69) is 0 Å². The summed E-state index contributed by atoms with van der Waals surface area (Å²) in [6, 6.07) is 3.12. The zero-order valence-electron chi connectivity index (χ0n) is 11.2. The van der Waals surface area contributed by atoms with E-state index >= 15 is 0 Å². The van der Waals surface area contributed by atoms with Crippen molar-refractivity contribution in [3.63, 3.8) is 0 Å². The molecule has 0 bridgehead atoms. The van der Waals surface area contributed by atoms with Gasteiger partial charge in [0, 0.05) is 50.9 Å². The predicted octanol–water partition coefficient (Wildman–Crippen LogP) is 1.26. The van der Waals surface area contributed by atoms with E-state index in [1.807, 2.05) is 0 Å². The van der Waals surface area contributed by atoms with Gasteiger partial charge < -0.3 is 19.8 Å². The van der Waals surface area contributed by atoms with Crippen molar-refractivity contribution in [3.05, 3.63) is 28.7 Å². The Kier molecular flexibility index (Phi) is 5.42. The van der Waals surface area contributed by atoms with Gasteiger partial charge in [-0.05, 0) is 31.2 Å². The van der Waals surface area contributed by atoms with E-state index in [1.165, 1.54) is 6.07 Å². The molecule has 1 saturated heterocycles. The van der Waals surface area contributed by atoms with Crippen LogP contribution in [0.4, 0.5) is 5.69 Å². The fraction of sp³-hybridized carbons (Fsp3) is 0.643. The van der Waals surface area contributed by atoms with Crippen LogP contribution in [-0.4, -0.2) is 31.0 Å². The van der Waals surface area contributed by atoms with Gasteiger partial charge >= 0.3 is 0 Å². The standard InChI is InChI=1S/C14H22N2O3/c15-13-2-3-14(17)16(10-13)6-1-7-19-11-12-4-8-18-9-5-12/h2-3,10,12H,1,4-9,11,15H2. The van der Waals surface area contributed by atoms with Crippen molar-refractivity contribution in [2.45, 2.75) is 25.8 Å². The van der Waals surface area contributed by atoms with Gasteiger partial charge in [0.1, 0.15) is 0 Å². The lowest BCUT2D eigenvalue weighted by Crippen LogP contribution is -2.22. The Morgan fingerprint density at radius 3 is 2.95 bits per heavy atom. The smallest absolute Gasteiger partial charge is 0.250 e. The Bertz CT molecular complexity index is 439. The van der Waals surface area contributed by atoms with E-state index in [0.717, 1.165) is 39.1 Å². The number of ether oxygens (including phenoxy) is 2. The maximum Gasteiger partial charge on any atom is 0.250 e. The molecule has 19 heavy (non-hydrogen) atoms. The first kappa shape index (κ1) is 14.1. The number of nitrogens with zero attached hydrogens (tertiary/aromatic N) is 1. The largest absolute Gasteiger partial charge is 0.398 e. The summed E-state index contributed by atoms with van der Waals surface area (Å²) in [6.45, 7) is 3.84. The van der Waals surface area contributed by atoms with Gasteiger partial charge in [-0.1, -0.05) is 0 Å². The number of hydrogen-bond acceptors (Lipinski definition) is 4. The van der Waals surface area contributed by atoms with Crippen LogP contribution in [0.25, 0.3) is 0 Å². The minimum absolute atomic E-state index is 0.0152. The number of nitrogen functional groups attached to an aromatic ring is 1. The highest BCUT2D eigenvalue weighted by Crippen LogP contribution is 2.14. The normalized spacial score (nSPS) is 16.6. The topological polar surface area (TPSA) is 66.5 Å². The molecule has 106 valence electrons. The van der Waals surface area contributed by atoms with Crippen LogP contribution in [0, 0.1) is 5.92 Å². The Morgan fingerprint density at radius 1 is 1.37 bits per heavy atom. The van der Waals surface area contributed by atoms with Gasteiger partial charge in [0.05, 0.1) is 0 Å². The van der Waals surface area contributed by atoms with E-state index < -0.39 is 0 Å². The second-order valence-electron chi connectivity index (χ2n) is 4.98. The summed E-state index contributed by atoms with van der Waals surface area (Å²) in [7, 11) is 0. The second-order valence-corrected chi connectivity index (χ2v) is 4.98. The van der Waals surface area contributed by atoms with Gasteiger partial charge in [-0.25, -0.2) is 0 Å². The van der Waals surface area contributed by atoms with Crippen LogP contribution < -0.4 is 11.3 Å². The third-order valence-electron chi connectivity index (χ3n) is 3.39. The van der Waals surface area contributed by atoms with Crippen molar-refractivity contribution in [3.8, 4) is 0 Å². The Hall–Kier alpha value is -1.33. The molecule has 0 aromatic carbocycles. The van der Waals surface area contributed by atoms with Crippen LogP contribution in [0.1, 0.15) is 19.3 Å². The first-order valence-corrected chi connectivity index (χ1v) is 6.87. The number of aromatic nitrogens is 1. The lowest BCUT2D eigenvalue weighted by molar-refractivity contribution is 0.0195. The quantitative estimate of drug-likeness (QED) is 0.787. The number of anilines is 1. The van der Waals surface area contributed by atoms with Crippen LogP contribution in [0.15, 0.2) is 23.1 Å². The van der Waals surface area contributed by atoms with Crippen molar-refractivity contribution >= 4 is 5.69 Å². The number of rotatable bonds is 6. The van der Waals surface area contributed by atoms with Crippen LogP contribution in [0.3, 0.4) is 0 Å². The molecule has 1 aromatic rings. The van der Waals surface area contributed by atoms with Gasteiger partial charge in [-0.2, -0.15) is 0 Å². The van der Waals surface area contributed by atoms with Crippen molar-refractivity contribution in [1.29, 1.82) is 0 Å². The molecule has 0 radical (unpaired) electrons. The van der Waals surface area contributed by atoms with Crippen molar-refractivity contribution in [1.82, 2.24) is 4.57 Å². The molecule has 1 aliphatic heterocycles. The molecule has 0 spiro atoms. The highest BCUT2D eigenvalue weighted by Gasteiger charge is 2.13. The molecular weight excluding hydrogens is 244 g/mol. The lowest BCUT2D eigenvalue weighted by atomic mass is 10.0. The van der Waals surface area contributed by atoms with Crippen LogP contribution in [0.2, 0.25) is 0 Å². The van der Waals surface area contributed by atoms with Crippen molar-refractivity contribution in [2.75, 3.05) is 32.2 Å². The van der Waals surface area contributed by atoms with E-state index in [9.17, 15) is 4.79 Å². The predicted molar refractivity (Wildman–Crippen MR) is 74.1 cm³/mol. The summed E-state index contributed by atoms with van der Waals surface area (Å²) in [4.78, 5) is 11.5. The highest BCUT2D eigenvalue weighted by atomic mass is 16.5. The summed E-state index contributed by atoms with van der Waals surface area (Å²) in [5, 5.41) is 0. The minimum Gasteiger partial charge on any atom is -0.398 e. The molecule has 1 fully saturated rings. The van der Waals surface area contributed by atoms with E-state index in [0.29, 0.717) is 24.8 Å². The molecule has 1 aliphatic rings. The maximum absolute atomic E-state index is 11.5. The number of aryl methyl sites for hydroxylation is 1. The maximum atomic E-state index is 11.5. The SMILES string of the molecule is Nc1ccc(=O)n(CCCOCC2CCOCC2)c1. The Morgan fingerprint density at radius 2 is 2.16 bits per heavy atom. The number of pyridine rings is 1. The molecule has 2 rings (SSSR count). The fourth-order valence-electron chi connectivity index (χ4n) is 2.22. The van der Waals surface area contributed by atoms with Gasteiger partial charge in [0.25, 0.3) is 5.56 Å². The first-order chi connectivity index (χ1) is 9.25. The van der Waals surface area contributed by atoms with Gasteiger partial charge in [-0.3, -0.25) is 4.79 Å². The summed E-state index contributed by atoms with van der Waals surface area (Å²) < 4.78 is 12.6. The molecule has 5 heteroatoms. The Labute approximate surface area is 113 Å². The molecule has 2 heterocycles. The van der Waals surface area contributed by atoms with Gasteiger partial charge in [0.2, 0.25) is 0 Å². The molecule has 0 atom stereocenters. The van der Waals surface area contributed by atoms with E-state index in [4.69, 9.17) is 15.2 Å². The van der Waals surface area contributed by atoms with Crippen molar-refractivity contribution < 1.29 is 9.47 Å². The third kappa shape index (κ3) is 4.69. The molecule has 0 saturated carbocycles. The molecule has 0 unspecified atom stereocenters. The third-order valence-corrected chi connectivity index (χ3v) is 3.39. The summed E-state index contributed by atoms with van der Waals surface area (Å²) >= 11 is 0. The second kappa shape index (κ2) is 7.31. The summed E-state index contributed by atoms with van der Waals surface area (Å²) in [6.07, 6.45) is 4.69. The lowest BCUT2D eigenvalue weighted by Gasteiger charge is -2.21. The van der Waals surface area contributed by atoms with E-state index in [-0.39, 0.29) is 5.56 Å². The molecular formula is C14H22N2O3. The number of nitrogens with two attached hydrogens (primary N) is 1. The molecule has 1 aromatic heterocycles. The zero-order chi connectivity index (χ0) is 13.5. The molecule has 0 amide bonds. The van der Waals surface area contributed by atoms with Gasteiger partial charge in [0.15, 0.2) is 0 Å². The van der Waals surface area contributed by atoms with Crippen molar-refractivity contribution in [2.24, 2.45) is 5.92 Å². The van der Waals surface area contributed by atoms with E-state index in [1.54, 1.807) is 16.8 Å². The molecule has 0 aliphatic carbocycles. The monoisotopic (exact) mass is 266 g/mol. The fourth-order valence-corrected chi connectivity index (χ4v) is 2.22. The summed E-state index contributed by atoms with van der Waals surface area (Å²) in [5.41, 5.74) is 6.25. The highest BCUT2D eigenvalue weighted by molar-refractivity contribution is 5.33. The molecule has 5 nitrogen and oxygen atoms in total. The van der Waals surface area contributed by atoms with Crippen LogP contribution in [0.5, 0.6) is 0 Å². The Balaban J connectivity index is 1.63. The first-order valence-electron chi connectivity index (χ1n) is 6.87.